The van der Waals surface area contributed by atoms with E-state index in [1.807, 2.05) is 13.8 Å². The number of rotatable bonds is 4. The highest BCUT2D eigenvalue weighted by Gasteiger charge is 2.32. The first-order chi connectivity index (χ1) is 11.7. The summed E-state index contributed by atoms with van der Waals surface area (Å²) in [5, 5.41) is 0. The molecule has 1 amide bonds. The van der Waals surface area contributed by atoms with Crippen LogP contribution in [0.5, 0.6) is 0 Å². The molecule has 0 aromatic heterocycles. The average molecular weight is 357 g/mol. The van der Waals surface area contributed by atoms with Crippen LogP contribution in [-0.2, 0) is 15.7 Å². The molecule has 1 saturated heterocycles. The van der Waals surface area contributed by atoms with Gasteiger partial charge in [-0.1, -0.05) is 19.9 Å². The van der Waals surface area contributed by atoms with Crippen molar-refractivity contribution in [1.29, 1.82) is 0 Å². The van der Waals surface area contributed by atoms with Gasteiger partial charge in [-0.3, -0.25) is 9.59 Å². The Labute approximate surface area is 144 Å². The summed E-state index contributed by atoms with van der Waals surface area (Å²) in [6.07, 6.45) is -3.56. The van der Waals surface area contributed by atoms with Gasteiger partial charge in [-0.15, -0.1) is 0 Å². The van der Waals surface area contributed by atoms with Crippen LogP contribution < -0.4 is 0 Å². The lowest BCUT2D eigenvalue weighted by molar-refractivity contribution is -0.151. The lowest BCUT2D eigenvalue weighted by atomic mass is 9.96. The molecule has 0 N–H and O–H groups in total. The molecule has 1 aromatic rings. The number of hydrogen-bond acceptors (Lipinski definition) is 3. The van der Waals surface area contributed by atoms with Crippen LogP contribution in [-0.4, -0.2) is 36.5 Å². The fourth-order valence-corrected chi connectivity index (χ4v) is 2.70. The van der Waals surface area contributed by atoms with Crippen molar-refractivity contribution in [2.45, 2.75) is 32.9 Å². The number of hydrogen-bond donors (Lipinski definition) is 0. The quantitative estimate of drug-likeness (QED) is 0.771. The first-order valence-corrected chi connectivity index (χ1v) is 8.31. The van der Waals surface area contributed by atoms with Gasteiger partial charge in [0.05, 0.1) is 18.1 Å². The Hall–Kier alpha value is -2.05. The summed E-state index contributed by atoms with van der Waals surface area (Å²) < 4.78 is 43.5. The average Bonchev–Trinajstić information content (AvgIpc) is 2.58. The minimum atomic E-state index is -4.48. The third kappa shape index (κ3) is 5.21. The molecule has 1 aliphatic heterocycles. The first kappa shape index (κ1) is 19.3. The van der Waals surface area contributed by atoms with Gasteiger partial charge >= 0.3 is 12.1 Å². The van der Waals surface area contributed by atoms with Crippen LogP contribution >= 0.6 is 0 Å². The monoisotopic (exact) mass is 357 g/mol. The molecule has 1 aromatic carbocycles. The molecule has 0 radical (unpaired) electrons. The number of carbonyl (C=O) groups excluding carboxylic acids is 2. The first-order valence-electron chi connectivity index (χ1n) is 8.31. The van der Waals surface area contributed by atoms with Crippen molar-refractivity contribution in [2.75, 3.05) is 19.7 Å². The molecule has 0 aliphatic carbocycles. The van der Waals surface area contributed by atoms with E-state index in [2.05, 4.69) is 0 Å². The van der Waals surface area contributed by atoms with Crippen LogP contribution in [0.2, 0.25) is 0 Å². The Morgan fingerprint density at radius 1 is 1.24 bits per heavy atom. The molecule has 2 rings (SSSR count). The second-order valence-corrected chi connectivity index (χ2v) is 6.67. The molecular weight excluding hydrogens is 335 g/mol. The van der Waals surface area contributed by atoms with Crippen LogP contribution in [0, 0.1) is 11.8 Å². The van der Waals surface area contributed by atoms with Gasteiger partial charge in [-0.25, -0.2) is 0 Å². The molecule has 4 nitrogen and oxygen atoms in total. The standard InChI is InChI=1S/C18H22F3NO3/c1-12(2)11-25-17(24)13-6-8-22(9-7-13)16(23)14-4-3-5-15(10-14)18(19,20)21/h3-5,10,12-13H,6-9,11H2,1-2H3. The molecule has 1 heterocycles. The largest absolute Gasteiger partial charge is 0.465 e. The molecule has 0 atom stereocenters. The zero-order chi connectivity index (χ0) is 18.6. The highest BCUT2D eigenvalue weighted by atomic mass is 19.4. The van der Waals surface area contributed by atoms with Crippen molar-refractivity contribution in [1.82, 2.24) is 4.90 Å². The van der Waals surface area contributed by atoms with Crippen LogP contribution in [0.25, 0.3) is 0 Å². The summed E-state index contributed by atoms with van der Waals surface area (Å²) >= 11 is 0. The summed E-state index contributed by atoms with van der Waals surface area (Å²) in [5.41, 5.74) is -0.832. The number of carbonyl (C=O) groups is 2. The molecule has 0 bridgehead atoms. The maximum absolute atomic E-state index is 12.8. The second-order valence-electron chi connectivity index (χ2n) is 6.67. The number of halogens is 3. The zero-order valence-corrected chi connectivity index (χ0v) is 14.3. The summed E-state index contributed by atoms with van der Waals surface area (Å²) in [6, 6.07) is 4.41. The van der Waals surface area contributed by atoms with Crippen molar-refractivity contribution in [3.63, 3.8) is 0 Å². The Morgan fingerprint density at radius 2 is 1.88 bits per heavy atom. The third-order valence-corrected chi connectivity index (χ3v) is 4.11. The number of esters is 1. The van der Waals surface area contributed by atoms with E-state index in [4.69, 9.17) is 4.74 Å². The van der Waals surface area contributed by atoms with Crippen LogP contribution in [0.15, 0.2) is 24.3 Å². The Balaban J connectivity index is 1.94. The zero-order valence-electron chi connectivity index (χ0n) is 14.3. The third-order valence-electron chi connectivity index (χ3n) is 4.11. The van der Waals surface area contributed by atoms with Gasteiger partial charge in [0.15, 0.2) is 0 Å². The van der Waals surface area contributed by atoms with Crippen molar-refractivity contribution in [3.05, 3.63) is 35.4 Å². The number of nitrogens with zero attached hydrogens (tertiary/aromatic N) is 1. The van der Waals surface area contributed by atoms with E-state index in [1.165, 1.54) is 17.0 Å². The van der Waals surface area contributed by atoms with Gasteiger partial charge in [0.25, 0.3) is 5.91 Å². The van der Waals surface area contributed by atoms with Crippen LogP contribution in [0.3, 0.4) is 0 Å². The molecule has 1 fully saturated rings. The van der Waals surface area contributed by atoms with Gasteiger partial charge in [0.1, 0.15) is 0 Å². The highest BCUT2D eigenvalue weighted by molar-refractivity contribution is 5.94. The lowest BCUT2D eigenvalue weighted by Crippen LogP contribution is -2.40. The number of likely N-dealkylation sites (tertiary alicyclic amines) is 1. The minimum absolute atomic E-state index is 0.00987. The van der Waals surface area contributed by atoms with Crippen LogP contribution in [0.4, 0.5) is 13.2 Å². The van der Waals surface area contributed by atoms with E-state index in [0.29, 0.717) is 32.5 Å². The van der Waals surface area contributed by atoms with Gasteiger partial charge in [0, 0.05) is 18.7 Å². The molecule has 1 aliphatic rings. The fourth-order valence-electron chi connectivity index (χ4n) is 2.70. The van der Waals surface area contributed by atoms with E-state index in [0.717, 1.165) is 12.1 Å². The molecular formula is C18H22F3NO3. The maximum Gasteiger partial charge on any atom is 0.416 e. The minimum Gasteiger partial charge on any atom is -0.465 e. The highest BCUT2D eigenvalue weighted by Crippen LogP contribution is 2.30. The number of benzene rings is 1. The summed E-state index contributed by atoms with van der Waals surface area (Å²) in [5.74, 6) is -0.712. The Morgan fingerprint density at radius 3 is 2.44 bits per heavy atom. The number of amides is 1. The normalized spacial score (nSPS) is 16.2. The topological polar surface area (TPSA) is 46.6 Å². The fraction of sp³-hybridized carbons (Fsp3) is 0.556. The van der Waals surface area contributed by atoms with Crippen LogP contribution in [0.1, 0.15) is 42.6 Å². The van der Waals surface area contributed by atoms with E-state index in [9.17, 15) is 22.8 Å². The molecule has 25 heavy (non-hydrogen) atoms. The van der Waals surface area contributed by atoms with E-state index in [1.54, 1.807) is 0 Å². The van der Waals surface area contributed by atoms with E-state index < -0.39 is 17.6 Å². The molecule has 7 heteroatoms. The molecule has 138 valence electrons. The predicted molar refractivity (Wildman–Crippen MR) is 85.9 cm³/mol. The summed E-state index contributed by atoms with van der Waals surface area (Å²) in [7, 11) is 0. The van der Waals surface area contributed by atoms with Gasteiger partial charge in [-0.05, 0) is 37.0 Å². The van der Waals surface area contributed by atoms with Gasteiger partial charge in [0.2, 0.25) is 0 Å². The Bertz CT molecular complexity index is 620. The van der Waals surface area contributed by atoms with Gasteiger partial charge < -0.3 is 9.64 Å². The smallest absolute Gasteiger partial charge is 0.416 e. The van der Waals surface area contributed by atoms with E-state index >= 15 is 0 Å². The van der Waals surface area contributed by atoms with Crippen molar-refractivity contribution in [3.8, 4) is 0 Å². The lowest BCUT2D eigenvalue weighted by Gasteiger charge is -2.31. The molecule has 0 spiro atoms. The number of piperidine rings is 1. The molecule has 0 unspecified atom stereocenters. The maximum atomic E-state index is 12.8. The van der Waals surface area contributed by atoms with Crippen molar-refractivity contribution in [2.24, 2.45) is 11.8 Å². The predicted octanol–water partition coefficient (Wildman–Crippen LogP) is 3.76. The Kier molecular flexibility index (Phi) is 6.08. The van der Waals surface area contributed by atoms with E-state index in [-0.39, 0.29) is 23.4 Å². The van der Waals surface area contributed by atoms with Crippen molar-refractivity contribution >= 4 is 11.9 Å². The number of alkyl halides is 3. The molecule has 0 saturated carbocycles. The number of ether oxygens (including phenoxy) is 1. The SMILES string of the molecule is CC(C)COC(=O)C1CCN(C(=O)c2cccc(C(F)(F)F)c2)CC1. The summed E-state index contributed by atoms with van der Waals surface area (Å²) in [4.78, 5) is 25.9. The van der Waals surface area contributed by atoms with Crippen molar-refractivity contribution < 1.29 is 27.5 Å². The summed E-state index contributed by atoms with van der Waals surface area (Å²) in [6.45, 7) is 4.92. The van der Waals surface area contributed by atoms with Gasteiger partial charge in [-0.2, -0.15) is 13.2 Å². The second kappa shape index (κ2) is 7.89.